The molecule has 7 nitrogen and oxygen atoms in total. The Hall–Kier alpha value is -1.99. The maximum atomic E-state index is 11.8. The van der Waals surface area contributed by atoms with Gasteiger partial charge in [0.1, 0.15) is 5.82 Å². The molecule has 0 bridgehead atoms. The maximum Gasteiger partial charge on any atom is 0.251 e. The third-order valence-corrected chi connectivity index (χ3v) is 4.63. The summed E-state index contributed by atoms with van der Waals surface area (Å²) < 4.78 is 7.25. The van der Waals surface area contributed by atoms with E-state index in [9.17, 15) is 4.79 Å². The lowest BCUT2D eigenvalue weighted by molar-refractivity contribution is 0.147. The number of aromatic amines is 1. The average molecular weight is 331 g/mol. The third-order valence-electron chi connectivity index (χ3n) is 4.63. The SMILES string of the molecule is CCc1cc(=O)[nH]c(CN2C[C@@H](COC)[C@H](c3cnn(C)c3)C2)n1. The predicted octanol–water partition coefficient (Wildman–Crippen LogP) is 0.928. The van der Waals surface area contributed by atoms with Gasteiger partial charge in [-0.3, -0.25) is 14.4 Å². The van der Waals surface area contributed by atoms with Crippen molar-refractivity contribution >= 4 is 0 Å². The molecule has 0 amide bonds. The van der Waals surface area contributed by atoms with E-state index in [1.165, 1.54) is 5.56 Å². The molecule has 1 fully saturated rings. The fourth-order valence-electron chi connectivity index (χ4n) is 3.51. The van der Waals surface area contributed by atoms with Crippen molar-refractivity contribution in [3.63, 3.8) is 0 Å². The van der Waals surface area contributed by atoms with Gasteiger partial charge in [0.05, 0.1) is 19.3 Å². The van der Waals surface area contributed by atoms with Gasteiger partial charge < -0.3 is 9.72 Å². The van der Waals surface area contributed by atoms with Crippen LogP contribution in [0.25, 0.3) is 0 Å². The first-order valence-corrected chi connectivity index (χ1v) is 8.38. The smallest absolute Gasteiger partial charge is 0.251 e. The van der Waals surface area contributed by atoms with Crippen molar-refractivity contribution < 1.29 is 4.74 Å². The summed E-state index contributed by atoms with van der Waals surface area (Å²) in [5, 5.41) is 4.30. The summed E-state index contributed by atoms with van der Waals surface area (Å²) in [5.41, 5.74) is 2.00. The van der Waals surface area contributed by atoms with Crippen LogP contribution >= 0.6 is 0 Å². The van der Waals surface area contributed by atoms with Gasteiger partial charge >= 0.3 is 0 Å². The Morgan fingerprint density at radius 1 is 1.42 bits per heavy atom. The molecular formula is C17H25N5O2. The minimum atomic E-state index is -0.0757. The number of hydrogen-bond acceptors (Lipinski definition) is 5. The lowest BCUT2D eigenvalue weighted by Crippen LogP contribution is -2.24. The van der Waals surface area contributed by atoms with E-state index in [1.54, 1.807) is 13.2 Å². The highest BCUT2D eigenvalue weighted by molar-refractivity contribution is 5.16. The topological polar surface area (TPSA) is 76.0 Å². The number of aromatic nitrogens is 4. The van der Waals surface area contributed by atoms with Crippen LogP contribution in [0.15, 0.2) is 23.3 Å². The second kappa shape index (κ2) is 7.27. The maximum absolute atomic E-state index is 11.8. The van der Waals surface area contributed by atoms with Crippen LogP contribution in [0.2, 0.25) is 0 Å². The first kappa shape index (κ1) is 16.9. The lowest BCUT2D eigenvalue weighted by atomic mass is 9.92. The van der Waals surface area contributed by atoms with E-state index in [2.05, 4.69) is 26.2 Å². The Kier molecular flexibility index (Phi) is 5.11. The first-order valence-electron chi connectivity index (χ1n) is 8.38. The molecule has 1 aliphatic rings. The molecule has 130 valence electrons. The van der Waals surface area contributed by atoms with E-state index in [4.69, 9.17) is 4.74 Å². The molecule has 1 aliphatic heterocycles. The van der Waals surface area contributed by atoms with Gasteiger partial charge in [0.15, 0.2) is 0 Å². The number of nitrogens with one attached hydrogen (secondary N) is 1. The van der Waals surface area contributed by atoms with E-state index in [0.717, 1.165) is 37.6 Å². The minimum absolute atomic E-state index is 0.0757. The number of hydrogen-bond donors (Lipinski definition) is 1. The molecule has 2 atom stereocenters. The van der Waals surface area contributed by atoms with Crippen molar-refractivity contribution in [2.75, 3.05) is 26.8 Å². The predicted molar refractivity (Wildman–Crippen MR) is 90.8 cm³/mol. The Labute approximate surface area is 141 Å². The molecule has 3 heterocycles. The van der Waals surface area contributed by atoms with E-state index < -0.39 is 0 Å². The van der Waals surface area contributed by atoms with Gasteiger partial charge in [-0.05, 0) is 12.0 Å². The number of aryl methyl sites for hydroxylation is 2. The Morgan fingerprint density at radius 3 is 2.92 bits per heavy atom. The first-order chi connectivity index (χ1) is 11.6. The number of ether oxygens (including phenoxy) is 1. The van der Waals surface area contributed by atoms with Crippen LogP contribution in [0.4, 0.5) is 0 Å². The van der Waals surface area contributed by atoms with Crippen LogP contribution < -0.4 is 5.56 Å². The molecule has 2 aromatic heterocycles. The number of nitrogens with zero attached hydrogens (tertiary/aromatic N) is 4. The van der Waals surface area contributed by atoms with Gasteiger partial charge in [-0.25, -0.2) is 4.98 Å². The standard InChI is InChI=1S/C17H25N5O2/c1-4-14-5-17(23)20-16(19-14)10-22-8-13(11-24-3)15(9-22)12-6-18-21(2)7-12/h5-7,13,15H,4,8-11H2,1-3H3,(H,19,20,23)/t13-,15-/m0/s1. The minimum Gasteiger partial charge on any atom is -0.384 e. The highest BCUT2D eigenvalue weighted by Crippen LogP contribution is 2.33. The highest BCUT2D eigenvalue weighted by Gasteiger charge is 2.34. The van der Waals surface area contributed by atoms with Crippen LogP contribution in [0.1, 0.15) is 29.9 Å². The molecule has 1 N–H and O–H groups in total. The largest absolute Gasteiger partial charge is 0.384 e. The molecule has 0 radical (unpaired) electrons. The monoisotopic (exact) mass is 331 g/mol. The van der Waals surface area contributed by atoms with Gasteiger partial charge in [0, 0.05) is 57.0 Å². The summed E-state index contributed by atoms with van der Waals surface area (Å²) in [6.45, 7) is 5.22. The van der Waals surface area contributed by atoms with Gasteiger partial charge in [0.2, 0.25) is 0 Å². The molecule has 0 aliphatic carbocycles. The summed E-state index contributed by atoms with van der Waals surface area (Å²) >= 11 is 0. The van der Waals surface area contributed by atoms with E-state index >= 15 is 0 Å². The molecule has 0 aromatic carbocycles. The van der Waals surface area contributed by atoms with E-state index in [1.807, 2.05) is 24.9 Å². The summed E-state index contributed by atoms with van der Waals surface area (Å²) in [5.74, 6) is 1.54. The zero-order valence-electron chi connectivity index (χ0n) is 14.5. The number of rotatable bonds is 6. The summed E-state index contributed by atoms with van der Waals surface area (Å²) in [6, 6.07) is 1.57. The van der Waals surface area contributed by atoms with Crippen molar-refractivity contribution in [2.24, 2.45) is 13.0 Å². The average Bonchev–Trinajstić information content (AvgIpc) is 3.13. The molecule has 0 spiro atoms. The van der Waals surface area contributed by atoms with Crippen molar-refractivity contribution in [3.8, 4) is 0 Å². The van der Waals surface area contributed by atoms with Gasteiger partial charge in [-0.15, -0.1) is 0 Å². The molecule has 24 heavy (non-hydrogen) atoms. The zero-order valence-corrected chi connectivity index (χ0v) is 14.5. The van der Waals surface area contributed by atoms with Crippen LogP contribution in [-0.4, -0.2) is 51.5 Å². The van der Waals surface area contributed by atoms with Crippen molar-refractivity contribution in [2.45, 2.75) is 25.8 Å². The summed E-state index contributed by atoms with van der Waals surface area (Å²) in [4.78, 5) is 21.5. The summed E-state index contributed by atoms with van der Waals surface area (Å²) in [6.07, 6.45) is 4.78. The number of likely N-dealkylation sites (tertiary alicyclic amines) is 1. The van der Waals surface area contributed by atoms with Crippen LogP contribution in [-0.2, 0) is 24.8 Å². The highest BCUT2D eigenvalue weighted by atomic mass is 16.5. The zero-order chi connectivity index (χ0) is 17.1. The second-order valence-electron chi connectivity index (χ2n) is 6.50. The Balaban J connectivity index is 1.75. The quantitative estimate of drug-likeness (QED) is 0.852. The fraction of sp³-hybridized carbons (Fsp3) is 0.588. The second-order valence-corrected chi connectivity index (χ2v) is 6.50. The van der Waals surface area contributed by atoms with E-state index in [0.29, 0.717) is 18.4 Å². The molecule has 3 rings (SSSR count). The number of H-pyrrole nitrogens is 1. The van der Waals surface area contributed by atoms with Crippen molar-refractivity contribution in [1.29, 1.82) is 0 Å². The van der Waals surface area contributed by atoms with Gasteiger partial charge in [-0.2, -0.15) is 5.10 Å². The Morgan fingerprint density at radius 2 is 2.25 bits per heavy atom. The van der Waals surface area contributed by atoms with Gasteiger partial charge in [0.25, 0.3) is 5.56 Å². The molecule has 0 saturated carbocycles. The molecule has 7 heteroatoms. The van der Waals surface area contributed by atoms with Crippen LogP contribution in [0.5, 0.6) is 0 Å². The molecule has 2 aromatic rings. The lowest BCUT2D eigenvalue weighted by Gasteiger charge is -2.15. The third kappa shape index (κ3) is 3.73. The Bertz CT molecular complexity index is 739. The number of methoxy groups -OCH3 is 1. The van der Waals surface area contributed by atoms with Crippen molar-refractivity contribution in [3.05, 3.63) is 45.9 Å². The van der Waals surface area contributed by atoms with Crippen molar-refractivity contribution in [1.82, 2.24) is 24.6 Å². The normalized spacial score (nSPS) is 21.5. The fourth-order valence-corrected chi connectivity index (χ4v) is 3.51. The van der Waals surface area contributed by atoms with Crippen LogP contribution in [0, 0.1) is 5.92 Å². The van der Waals surface area contributed by atoms with E-state index in [-0.39, 0.29) is 5.56 Å². The molecule has 0 unspecified atom stereocenters. The summed E-state index contributed by atoms with van der Waals surface area (Å²) in [7, 11) is 3.68. The van der Waals surface area contributed by atoms with Crippen LogP contribution in [0.3, 0.4) is 0 Å². The molecule has 1 saturated heterocycles. The van der Waals surface area contributed by atoms with Gasteiger partial charge in [-0.1, -0.05) is 6.92 Å². The molecular weight excluding hydrogens is 306 g/mol.